The third-order valence-electron chi connectivity index (χ3n) is 2.86. The van der Waals surface area contributed by atoms with Crippen LogP contribution in [0.2, 0.25) is 0 Å². The molecule has 0 radical (unpaired) electrons. The minimum absolute atomic E-state index is 0. The van der Waals surface area contributed by atoms with E-state index in [0.717, 1.165) is 31.7 Å². The molecule has 0 aromatic carbocycles. The summed E-state index contributed by atoms with van der Waals surface area (Å²) in [5.41, 5.74) is 0.231. The Labute approximate surface area is 138 Å². The van der Waals surface area contributed by atoms with Crippen molar-refractivity contribution in [1.29, 1.82) is 0 Å². The number of H-pyrrole nitrogens is 1. The summed E-state index contributed by atoms with van der Waals surface area (Å²) in [6, 6.07) is 0. The van der Waals surface area contributed by atoms with E-state index >= 15 is 0 Å². The van der Waals surface area contributed by atoms with Crippen LogP contribution in [0, 0.1) is 0 Å². The molecule has 2 aromatic rings. The van der Waals surface area contributed by atoms with Gasteiger partial charge in [-0.3, -0.25) is 15.1 Å². The van der Waals surface area contributed by atoms with Crippen LogP contribution in [0.1, 0.15) is 24.8 Å². The zero-order chi connectivity index (χ0) is 13.1. The number of aromatic nitrogens is 6. The zero-order valence-corrected chi connectivity index (χ0v) is 13.1. The van der Waals surface area contributed by atoms with Crippen molar-refractivity contribution < 1.29 is 35.8 Å². The molecule has 1 saturated heterocycles. The van der Waals surface area contributed by atoms with Crippen LogP contribution in [0.5, 0.6) is 0 Å². The average molecular weight is 284 g/mol. The second kappa shape index (κ2) is 6.73. The Morgan fingerprint density at radius 3 is 2.85 bits per heavy atom. The molecule has 1 aliphatic rings. The summed E-state index contributed by atoms with van der Waals surface area (Å²) in [6.07, 6.45) is 5.35. The molecule has 9 nitrogen and oxygen atoms in total. The number of amides is 1. The zero-order valence-electron chi connectivity index (χ0n) is 12.1. The molecule has 1 aliphatic heterocycles. The third-order valence-corrected chi connectivity index (χ3v) is 2.86. The van der Waals surface area contributed by atoms with E-state index in [4.69, 9.17) is 0 Å². The molecule has 0 bridgehead atoms. The third kappa shape index (κ3) is 3.30. The van der Waals surface area contributed by atoms with Crippen molar-refractivity contribution in [1.82, 2.24) is 30.6 Å². The molecule has 0 saturated carbocycles. The van der Waals surface area contributed by atoms with Crippen LogP contribution in [0.3, 0.4) is 0 Å². The number of nitrogens with one attached hydrogen (secondary N) is 2. The summed E-state index contributed by atoms with van der Waals surface area (Å²) < 4.78 is 0. The van der Waals surface area contributed by atoms with E-state index in [1.54, 1.807) is 6.20 Å². The normalized spacial score (nSPS) is 13.9. The van der Waals surface area contributed by atoms with Crippen molar-refractivity contribution in [3.05, 3.63) is 18.1 Å². The van der Waals surface area contributed by atoms with Crippen LogP contribution in [-0.4, -0.2) is 49.6 Å². The van der Waals surface area contributed by atoms with Gasteiger partial charge < -0.3 is 6.33 Å². The van der Waals surface area contributed by atoms with Gasteiger partial charge in [0.15, 0.2) is 0 Å². The molecule has 0 atom stereocenters. The van der Waals surface area contributed by atoms with E-state index < -0.39 is 5.91 Å². The Morgan fingerprint density at radius 1 is 1.35 bits per heavy atom. The van der Waals surface area contributed by atoms with Crippen LogP contribution in [0.15, 0.2) is 12.4 Å². The molecule has 100 valence electrons. The topological polar surface area (TPSA) is 113 Å². The molecule has 0 aliphatic carbocycles. The van der Waals surface area contributed by atoms with Crippen molar-refractivity contribution in [2.75, 3.05) is 23.3 Å². The standard InChI is InChI=1S/C10H12N8O.Na.H/c19-9(13-10-14-16-17-15-10)7-5-11-6-8(12-7)18-3-1-2-4-18;;/h5-6H,1-4H2,(H2,13,14,15,16,17,19);;/q;+1;-1. The summed E-state index contributed by atoms with van der Waals surface area (Å²) in [5, 5.41) is 15.4. The first-order chi connectivity index (χ1) is 9.33. The number of hydrogen-bond donors (Lipinski definition) is 2. The van der Waals surface area contributed by atoms with Gasteiger partial charge in [0.05, 0.1) is 12.4 Å². The van der Waals surface area contributed by atoms with E-state index in [9.17, 15) is 4.79 Å². The maximum atomic E-state index is 11.9. The van der Waals surface area contributed by atoms with Crippen molar-refractivity contribution >= 4 is 17.7 Å². The molecule has 1 amide bonds. The van der Waals surface area contributed by atoms with Crippen LogP contribution in [0.4, 0.5) is 11.8 Å². The van der Waals surface area contributed by atoms with Gasteiger partial charge in [-0.25, -0.2) is 4.98 Å². The number of nitrogens with zero attached hydrogens (tertiary/aromatic N) is 6. The van der Waals surface area contributed by atoms with Crippen molar-refractivity contribution in [2.24, 2.45) is 0 Å². The Bertz CT molecular complexity index is 574. The van der Waals surface area contributed by atoms with Crippen LogP contribution in [-0.2, 0) is 0 Å². The first-order valence-electron chi connectivity index (χ1n) is 5.95. The Hall–Kier alpha value is -1.58. The van der Waals surface area contributed by atoms with Gasteiger partial charge in [-0.1, -0.05) is 5.10 Å². The summed E-state index contributed by atoms with van der Waals surface area (Å²) >= 11 is 0. The second-order valence-electron chi connectivity index (χ2n) is 4.15. The average Bonchev–Trinajstić information content (AvgIpc) is 3.12. The Morgan fingerprint density at radius 2 is 2.15 bits per heavy atom. The van der Waals surface area contributed by atoms with Crippen molar-refractivity contribution in [3.8, 4) is 0 Å². The van der Waals surface area contributed by atoms with E-state index in [0.29, 0.717) is 0 Å². The molecule has 10 heteroatoms. The van der Waals surface area contributed by atoms with Gasteiger partial charge in [0.2, 0.25) is 0 Å². The monoisotopic (exact) mass is 284 g/mol. The molecule has 2 aromatic heterocycles. The first kappa shape index (κ1) is 14.8. The molecular weight excluding hydrogens is 271 g/mol. The Balaban J connectivity index is 0.00000110. The van der Waals surface area contributed by atoms with Gasteiger partial charge in [-0.15, -0.1) is 5.10 Å². The van der Waals surface area contributed by atoms with E-state index in [1.807, 2.05) is 0 Å². The van der Waals surface area contributed by atoms with E-state index in [2.05, 4.69) is 40.8 Å². The van der Waals surface area contributed by atoms with E-state index in [-0.39, 0.29) is 42.6 Å². The number of tetrazole rings is 1. The van der Waals surface area contributed by atoms with E-state index in [1.165, 1.54) is 6.20 Å². The van der Waals surface area contributed by atoms with Crippen molar-refractivity contribution in [3.63, 3.8) is 0 Å². The fraction of sp³-hybridized carbons (Fsp3) is 0.400. The summed E-state index contributed by atoms with van der Waals surface area (Å²) in [5.74, 6) is 0.423. The van der Waals surface area contributed by atoms with Crippen LogP contribution >= 0.6 is 0 Å². The first-order valence-corrected chi connectivity index (χ1v) is 5.95. The van der Waals surface area contributed by atoms with Gasteiger partial charge in [0, 0.05) is 13.1 Å². The predicted molar refractivity (Wildman–Crippen MR) is 66.7 cm³/mol. The second-order valence-corrected chi connectivity index (χ2v) is 4.15. The minimum Gasteiger partial charge on any atom is -1.00 e. The molecule has 1 fully saturated rings. The fourth-order valence-corrected chi connectivity index (χ4v) is 1.94. The molecule has 3 rings (SSSR count). The maximum absolute atomic E-state index is 11.9. The number of anilines is 2. The molecular formula is C10H13N8NaO. The SMILES string of the molecule is O=C(Nc1nn[nH]n1)c1cncc(N2CCCC2)n1.[H-].[Na+]. The number of rotatable bonds is 3. The molecule has 20 heavy (non-hydrogen) atoms. The number of hydrogen-bond acceptors (Lipinski definition) is 7. The summed E-state index contributed by atoms with van der Waals surface area (Å²) in [4.78, 5) is 22.4. The Kier molecular flexibility index (Phi) is 4.99. The molecule has 3 heterocycles. The van der Waals surface area contributed by atoms with Gasteiger partial charge in [-0.2, -0.15) is 5.21 Å². The van der Waals surface area contributed by atoms with Gasteiger partial charge in [0.1, 0.15) is 11.5 Å². The largest absolute Gasteiger partial charge is 1.00 e. The van der Waals surface area contributed by atoms with Crippen LogP contribution < -0.4 is 39.8 Å². The summed E-state index contributed by atoms with van der Waals surface area (Å²) in [7, 11) is 0. The van der Waals surface area contributed by atoms with Crippen LogP contribution in [0.25, 0.3) is 0 Å². The smallest absolute Gasteiger partial charge is 1.00 e. The minimum atomic E-state index is -0.407. The van der Waals surface area contributed by atoms with Crippen molar-refractivity contribution in [2.45, 2.75) is 12.8 Å². The summed E-state index contributed by atoms with van der Waals surface area (Å²) in [6.45, 7) is 1.90. The van der Waals surface area contributed by atoms with Gasteiger partial charge in [0.25, 0.3) is 11.9 Å². The molecule has 0 spiro atoms. The predicted octanol–water partition coefficient (Wildman–Crippen LogP) is -3.04. The number of carbonyl (C=O) groups is 1. The number of aromatic amines is 1. The fourth-order valence-electron chi connectivity index (χ4n) is 1.94. The molecule has 2 N–H and O–H groups in total. The quantitative estimate of drug-likeness (QED) is 0.576. The van der Waals surface area contributed by atoms with Gasteiger partial charge in [-0.05, 0) is 18.1 Å². The van der Waals surface area contributed by atoms with Gasteiger partial charge >= 0.3 is 29.6 Å². The molecule has 0 unspecified atom stereocenters. The number of carbonyl (C=O) groups excluding carboxylic acids is 1. The maximum Gasteiger partial charge on any atom is 1.00 e.